The van der Waals surface area contributed by atoms with E-state index in [4.69, 9.17) is 17.3 Å². The van der Waals surface area contributed by atoms with Crippen LogP contribution < -0.4 is 16.6 Å². The lowest BCUT2D eigenvalue weighted by Crippen LogP contribution is -2.11. The Labute approximate surface area is 123 Å². The number of nitrogens with zero attached hydrogens (tertiary/aromatic N) is 1. The second-order valence-corrected chi connectivity index (χ2v) is 4.85. The fourth-order valence-electron chi connectivity index (χ4n) is 1.93. The standard InChI is InChI=1S/C14H10ClFN4O/c15-10-3-2-8(6-11(10)16)18-14-19-12-4-1-7(17)5-9(12)13(21)20-14/h1-6H,17H2,(H2,18,19,20,21). The van der Waals surface area contributed by atoms with Crippen LogP contribution in [0.1, 0.15) is 0 Å². The van der Waals surface area contributed by atoms with Gasteiger partial charge < -0.3 is 11.1 Å². The van der Waals surface area contributed by atoms with Crippen LogP contribution in [0.3, 0.4) is 0 Å². The van der Waals surface area contributed by atoms with Gasteiger partial charge in [-0.3, -0.25) is 9.78 Å². The van der Waals surface area contributed by atoms with E-state index < -0.39 is 5.82 Å². The van der Waals surface area contributed by atoms with Gasteiger partial charge in [-0.15, -0.1) is 0 Å². The number of rotatable bonds is 2. The smallest absolute Gasteiger partial charge is 0.260 e. The van der Waals surface area contributed by atoms with E-state index in [0.29, 0.717) is 22.3 Å². The van der Waals surface area contributed by atoms with Crippen LogP contribution >= 0.6 is 11.6 Å². The van der Waals surface area contributed by atoms with Gasteiger partial charge in [0.1, 0.15) is 5.82 Å². The van der Waals surface area contributed by atoms with E-state index in [9.17, 15) is 9.18 Å². The number of anilines is 3. The molecule has 0 amide bonds. The Kier molecular flexibility index (Phi) is 3.23. The van der Waals surface area contributed by atoms with Crippen molar-refractivity contribution in [3.8, 4) is 0 Å². The summed E-state index contributed by atoms with van der Waals surface area (Å²) < 4.78 is 13.4. The van der Waals surface area contributed by atoms with Crippen LogP contribution in [-0.2, 0) is 0 Å². The highest BCUT2D eigenvalue weighted by molar-refractivity contribution is 6.30. The molecule has 0 radical (unpaired) electrons. The molecule has 3 aromatic rings. The Morgan fingerprint density at radius 3 is 2.81 bits per heavy atom. The van der Waals surface area contributed by atoms with E-state index in [1.165, 1.54) is 12.1 Å². The first-order chi connectivity index (χ1) is 10.0. The van der Waals surface area contributed by atoms with Crippen LogP contribution in [0.4, 0.5) is 21.7 Å². The lowest BCUT2D eigenvalue weighted by Gasteiger charge is -2.07. The van der Waals surface area contributed by atoms with E-state index in [-0.39, 0.29) is 16.5 Å². The zero-order chi connectivity index (χ0) is 15.0. The summed E-state index contributed by atoms with van der Waals surface area (Å²) in [6.07, 6.45) is 0. The van der Waals surface area contributed by atoms with Gasteiger partial charge in [0.25, 0.3) is 5.56 Å². The highest BCUT2D eigenvalue weighted by Crippen LogP contribution is 2.21. The summed E-state index contributed by atoms with van der Waals surface area (Å²) in [5.74, 6) is -0.350. The van der Waals surface area contributed by atoms with Crippen molar-refractivity contribution in [3.05, 3.63) is 57.6 Å². The van der Waals surface area contributed by atoms with Crippen molar-refractivity contribution in [2.24, 2.45) is 0 Å². The topological polar surface area (TPSA) is 83.8 Å². The van der Waals surface area contributed by atoms with Crippen molar-refractivity contribution in [1.82, 2.24) is 9.97 Å². The molecule has 21 heavy (non-hydrogen) atoms. The minimum atomic E-state index is -0.558. The predicted octanol–water partition coefficient (Wildman–Crippen LogP) is 3.04. The molecule has 0 fully saturated rings. The van der Waals surface area contributed by atoms with E-state index in [2.05, 4.69) is 15.3 Å². The first kappa shape index (κ1) is 13.4. The lowest BCUT2D eigenvalue weighted by molar-refractivity contribution is 0.629. The predicted molar refractivity (Wildman–Crippen MR) is 81.5 cm³/mol. The molecule has 106 valence electrons. The van der Waals surface area contributed by atoms with Gasteiger partial charge in [-0.1, -0.05) is 11.6 Å². The average Bonchev–Trinajstić information content (AvgIpc) is 2.44. The van der Waals surface area contributed by atoms with Crippen LogP contribution in [0.25, 0.3) is 10.9 Å². The van der Waals surface area contributed by atoms with Crippen LogP contribution in [0.2, 0.25) is 5.02 Å². The molecule has 0 unspecified atom stereocenters. The van der Waals surface area contributed by atoms with Crippen LogP contribution in [0, 0.1) is 5.82 Å². The molecule has 4 N–H and O–H groups in total. The molecular weight excluding hydrogens is 295 g/mol. The summed E-state index contributed by atoms with van der Waals surface area (Å²) in [5, 5.41) is 3.24. The number of nitrogens with two attached hydrogens (primary N) is 1. The van der Waals surface area contributed by atoms with Gasteiger partial charge in [0, 0.05) is 11.4 Å². The lowest BCUT2D eigenvalue weighted by atomic mass is 10.2. The number of halogens is 2. The fourth-order valence-corrected chi connectivity index (χ4v) is 2.04. The Hall–Kier alpha value is -2.60. The zero-order valence-corrected chi connectivity index (χ0v) is 11.4. The molecular formula is C14H10ClFN4O. The molecule has 5 nitrogen and oxygen atoms in total. The molecule has 7 heteroatoms. The largest absolute Gasteiger partial charge is 0.399 e. The number of benzene rings is 2. The van der Waals surface area contributed by atoms with Crippen molar-refractivity contribution in [2.45, 2.75) is 0 Å². The van der Waals surface area contributed by atoms with Gasteiger partial charge in [0.15, 0.2) is 0 Å². The molecule has 3 rings (SSSR count). The number of fused-ring (bicyclic) bond motifs is 1. The number of aromatic nitrogens is 2. The number of nitrogens with one attached hydrogen (secondary N) is 2. The summed E-state index contributed by atoms with van der Waals surface area (Å²) in [4.78, 5) is 18.8. The summed E-state index contributed by atoms with van der Waals surface area (Å²) in [6, 6.07) is 9.06. The van der Waals surface area contributed by atoms with E-state index in [1.54, 1.807) is 24.3 Å². The molecule has 1 heterocycles. The molecule has 0 aliphatic heterocycles. The van der Waals surface area contributed by atoms with Gasteiger partial charge in [-0.05, 0) is 36.4 Å². The molecule has 0 saturated carbocycles. The molecule has 2 aromatic carbocycles. The summed E-state index contributed by atoms with van der Waals surface area (Å²) in [7, 11) is 0. The third kappa shape index (κ3) is 2.66. The Balaban J connectivity index is 2.03. The monoisotopic (exact) mass is 304 g/mol. The van der Waals surface area contributed by atoms with Crippen LogP contribution in [0.5, 0.6) is 0 Å². The maximum Gasteiger partial charge on any atom is 0.260 e. The van der Waals surface area contributed by atoms with Crippen molar-refractivity contribution < 1.29 is 4.39 Å². The second-order valence-electron chi connectivity index (χ2n) is 4.45. The molecule has 0 saturated heterocycles. The molecule has 0 aliphatic rings. The Morgan fingerprint density at radius 1 is 1.24 bits per heavy atom. The van der Waals surface area contributed by atoms with Crippen molar-refractivity contribution >= 4 is 39.8 Å². The zero-order valence-electron chi connectivity index (χ0n) is 10.7. The first-order valence-corrected chi connectivity index (χ1v) is 6.42. The minimum Gasteiger partial charge on any atom is -0.399 e. The van der Waals surface area contributed by atoms with Crippen molar-refractivity contribution in [2.75, 3.05) is 11.1 Å². The normalized spacial score (nSPS) is 10.8. The Bertz CT molecular complexity index is 894. The first-order valence-electron chi connectivity index (χ1n) is 6.04. The van der Waals surface area contributed by atoms with Gasteiger partial charge in [0.05, 0.1) is 15.9 Å². The van der Waals surface area contributed by atoms with Crippen LogP contribution in [-0.4, -0.2) is 9.97 Å². The molecule has 0 aliphatic carbocycles. The highest BCUT2D eigenvalue weighted by atomic mass is 35.5. The number of hydrogen-bond donors (Lipinski definition) is 3. The SMILES string of the molecule is Nc1ccc2nc(Nc3ccc(Cl)c(F)c3)[nH]c(=O)c2c1. The quantitative estimate of drug-likeness (QED) is 0.635. The van der Waals surface area contributed by atoms with Gasteiger partial charge >= 0.3 is 0 Å². The molecule has 1 aromatic heterocycles. The van der Waals surface area contributed by atoms with E-state index >= 15 is 0 Å². The van der Waals surface area contributed by atoms with E-state index in [1.807, 2.05) is 0 Å². The summed E-state index contributed by atoms with van der Waals surface area (Å²) in [5.41, 5.74) is 6.70. The van der Waals surface area contributed by atoms with E-state index in [0.717, 1.165) is 0 Å². The van der Waals surface area contributed by atoms with Gasteiger partial charge in [-0.25, -0.2) is 9.37 Å². The second kappa shape index (κ2) is 5.06. The minimum absolute atomic E-state index is 0.0241. The molecule has 0 spiro atoms. The summed E-state index contributed by atoms with van der Waals surface area (Å²) >= 11 is 5.61. The summed E-state index contributed by atoms with van der Waals surface area (Å²) in [6.45, 7) is 0. The fraction of sp³-hybridized carbons (Fsp3) is 0. The third-order valence-corrected chi connectivity index (χ3v) is 3.22. The number of aromatic amines is 1. The maximum atomic E-state index is 13.4. The van der Waals surface area contributed by atoms with Gasteiger partial charge in [-0.2, -0.15) is 0 Å². The van der Waals surface area contributed by atoms with Crippen LogP contribution in [0.15, 0.2) is 41.2 Å². The number of hydrogen-bond acceptors (Lipinski definition) is 4. The Morgan fingerprint density at radius 2 is 2.05 bits per heavy atom. The number of nitrogen functional groups attached to an aromatic ring is 1. The molecule has 0 atom stereocenters. The third-order valence-electron chi connectivity index (χ3n) is 2.91. The maximum absolute atomic E-state index is 13.4. The highest BCUT2D eigenvalue weighted by Gasteiger charge is 2.06. The van der Waals surface area contributed by atoms with Crippen molar-refractivity contribution in [3.63, 3.8) is 0 Å². The molecule has 0 bridgehead atoms. The van der Waals surface area contributed by atoms with Crippen molar-refractivity contribution in [1.29, 1.82) is 0 Å². The van der Waals surface area contributed by atoms with Gasteiger partial charge in [0.2, 0.25) is 5.95 Å². The average molecular weight is 305 g/mol. The number of H-pyrrole nitrogens is 1.